The zero-order valence-corrected chi connectivity index (χ0v) is 7.91. The number of phenolic OH excluding ortho intramolecular Hbond substituents is 2. The summed E-state index contributed by atoms with van der Waals surface area (Å²) in [5.74, 6) is -0.989. The van der Waals surface area contributed by atoms with E-state index in [4.69, 9.17) is 10.2 Å². The van der Waals surface area contributed by atoms with Gasteiger partial charge >= 0.3 is 6.05 Å². The molecule has 1 aromatic carbocycles. The molecule has 0 fully saturated rings. The molecular weight excluding hydrogens is 208 g/mol. The van der Waals surface area contributed by atoms with Crippen LogP contribution in [0.25, 0.3) is 0 Å². The van der Waals surface area contributed by atoms with Crippen LogP contribution in [-0.2, 0) is 0 Å². The van der Waals surface area contributed by atoms with Crippen LogP contribution >= 0.6 is 0 Å². The lowest BCUT2D eigenvalue weighted by molar-refractivity contribution is -0.130. The first-order valence-corrected chi connectivity index (χ1v) is 4.15. The molecular formula is C9H11F2NO3. The van der Waals surface area contributed by atoms with Crippen LogP contribution in [0.1, 0.15) is 11.7 Å². The van der Waals surface area contributed by atoms with E-state index in [9.17, 15) is 13.9 Å². The van der Waals surface area contributed by atoms with Crippen molar-refractivity contribution in [1.29, 1.82) is 0 Å². The summed E-state index contributed by atoms with van der Waals surface area (Å²) in [7, 11) is 1.00. The third kappa shape index (κ3) is 2.34. The van der Waals surface area contributed by atoms with E-state index in [1.54, 1.807) is 5.32 Å². The molecule has 0 bridgehead atoms. The molecule has 0 spiro atoms. The number of halogens is 2. The maximum Gasteiger partial charge on any atom is 0.331 e. The van der Waals surface area contributed by atoms with E-state index >= 15 is 0 Å². The lowest BCUT2D eigenvalue weighted by Crippen LogP contribution is -2.39. The number of aliphatic hydroxyl groups is 1. The molecule has 0 aliphatic heterocycles. The minimum absolute atomic E-state index is 0.190. The molecule has 0 radical (unpaired) electrons. The first-order chi connectivity index (χ1) is 6.88. The molecule has 6 heteroatoms. The summed E-state index contributed by atoms with van der Waals surface area (Å²) in [6.07, 6.45) is -2.09. The normalized spacial score (nSPS) is 13.9. The standard InChI is InChI=1S/C9H11F2NO3/c1-12-9(10,11)8(15)5-2-3-6(13)7(14)4-5/h2-4,8,12-15H,1H3. The fraction of sp³-hybridized carbons (Fsp3) is 0.333. The summed E-state index contributed by atoms with van der Waals surface area (Å²) in [5.41, 5.74) is -0.190. The summed E-state index contributed by atoms with van der Waals surface area (Å²) in [4.78, 5) is 0. The van der Waals surface area contributed by atoms with Crippen LogP contribution in [0.5, 0.6) is 11.5 Å². The van der Waals surface area contributed by atoms with Crippen LogP contribution in [0.2, 0.25) is 0 Å². The summed E-state index contributed by atoms with van der Waals surface area (Å²) < 4.78 is 25.9. The molecule has 4 N–H and O–H groups in total. The van der Waals surface area contributed by atoms with Crippen molar-refractivity contribution >= 4 is 0 Å². The van der Waals surface area contributed by atoms with Crippen molar-refractivity contribution < 1.29 is 24.1 Å². The number of benzene rings is 1. The smallest absolute Gasteiger partial charge is 0.331 e. The zero-order valence-electron chi connectivity index (χ0n) is 7.91. The molecule has 1 aromatic rings. The number of likely N-dealkylation sites (N-methyl/N-ethyl adjacent to an activating group) is 1. The first kappa shape index (κ1) is 11.7. The van der Waals surface area contributed by atoms with Gasteiger partial charge in [-0.3, -0.25) is 5.32 Å². The fourth-order valence-electron chi connectivity index (χ4n) is 1.06. The Balaban J connectivity index is 3.02. The van der Waals surface area contributed by atoms with Crippen LogP contribution < -0.4 is 5.32 Å². The van der Waals surface area contributed by atoms with E-state index in [-0.39, 0.29) is 5.56 Å². The average Bonchev–Trinajstić information content (AvgIpc) is 2.21. The highest BCUT2D eigenvalue weighted by atomic mass is 19.3. The van der Waals surface area contributed by atoms with Crippen LogP contribution in [0.3, 0.4) is 0 Å². The molecule has 0 aliphatic carbocycles. The second-order valence-electron chi connectivity index (χ2n) is 3.02. The highest BCUT2D eigenvalue weighted by molar-refractivity contribution is 5.41. The monoisotopic (exact) mass is 219 g/mol. The van der Waals surface area contributed by atoms with E-state index in [2.05, 4.69) is 0 Å². The Bertz CT molecular complexity index is 357. The Morgan fingerprint density at radius 3 is 2.33 bits per heavy atom. The Kier molecular flexibility index (Phi) is 3.11. The van der Waals surface area contributed by atoms with Gasteiger partial charge in [-0.05, 0) is 24.7 Å². The van der Waals surface area contributed by atoms with Gasteiger partial charge < -0.3 is 15.3 Å². The molecule has 4 nitrogen and oxygen atoms in total. The lowest BCUT2D eigenvalue weighted by Gasteiger charge is -2.22. The van der Waals surface area contributed by atoms with Gasteiger partial charge in [-0.15, -0.1) is 0 Å². The average molecular weight is 219 g/mol. The van der Waals surface area contributed by atoms with Crippen molar-refractivity contribution in [1.82, 2.24) is 5.32 Å². The Hall–Kier alpha value is -1.40. The van der Waals surface area contributed by atoms with Crippen molar-refractivity contribution in [2.75, 3.05) is 7.05 Å². The quantitative estimate of drug-likeness (QED) is 0.451. The predicted octanol–water partition coefficient (Wildman–Crippen LogP) is 0.943. The largest absolute Gasteiger partial charge is 0.504 e. The van der Waals surface area contributed by atoms with E-state index in [0.717, 1.165) is 25.2 Å². The van der Waals surface area contributed by atoms with Gasteiger partial charge in [0.1, 0.15) is 0 Å². The summed E-state index contributed by atoms with van der Waals surface area (Å²) in [6, 6.07) is -0.487. The minimum atomic E-state index is -3.50. The lowest BCUT2D eigenvalue weighted by atomic mass is 10.1. The van der Waals surface area contributed by atoms with Gasteiger partial charge in [0.25, 0.3) is 0 Å². The highest BCUT2D eigenvalue weighted by Crippen LogP contribution is 2.33. The number of phenols is 2. The van der Waals surface area contributed by atoms with Crippen molar-refractivity contribution in [3.63, 3.8) is 0 Å². The van der Waals surface area contributed by atoms with Gasteiger partial charge in [0, 0.05) is 0 Å². The van der Waals surface area contributed by atoms with Crippen molar-refractivity contribution in [3.05, 3.63) is 23.8 Å². The van der Waals surface area contributed by atoms with Gasteiger partial charge in [-0.25, -0.2) is 0 Å². The molecule has 1 rings (SSSR count). The van der Waals surface area contributed by atoms with Crippen molar-refractivity contribution in [3.8, 4) is 11.5 Å². The Labute approximate surface area is 84.8 Å². The second-order valence-corrected chi connectivity index (χ2v) is 3.02. The molecule has 0 aliphatic rings. The third-order valence-corrected chi connectivity index (χ3v) is 1.99. The zero-order chi connectivity index (χ0) is 11.6. The Morgan fingerprint density at radius 2 is 1.87 bits per heavy atom. The number of hydrogen-bond acceptors (Lipinski definition) is 4. The van der Waals surface area contributed by atoms with E-state index in [0.29, 0.717) is 0 Å². The number of rotatable bonds is 3. The molecule has 0 amide bonds. The van der Waals surface area contributed by atoms with Gasteiger partial charge in [-0.1, -0.05) is 6.07 Å². The van der Waals surface area contributed by atoms with Gasteiger partial charge in [0.15, 0.2) is 17.6 Å². The van der Waals surface area contributed by atoms with Gasteiger partial charge in [0.2, 0.25) is 0 Å². The molecule has 1 atom stereocenters. The van der Waals surface area contributed by atoms with Gasteiger partial charge in [-0.2, -0.15) is 8.78 Å². The van der Waals surface area contributed by atoms with E-state index in [1.165, 1.54) is 0 Å². The Morgan fingerprint density at radius 1 is 1.27 bits per heavy atom. The maximum absolute atomic E-state index is 13.0. The molecule has 15 heavy (non-hydrogen) atoms. The van der Waals surface area contributed by atoms with Crippen LogP contribution in [0, 0.1) is 0 Å². The van der Waals surface area contributed by atoms with Crippen molar-refractivity contribution in [2.24, 2.45) is 0 Å². The van der Waals surface area contributed by atoms with Crippen LogP contribution in [-0.4, -0.2) is 28.4 Å². The van der Waals surface area contributed by atoms with Gasteiger partial charge in [0.05, 0.1) is 0 Å². The minimum Gasteiger partial charge on any atom is -0.504 e. The highest BCUT2D eigenvalue weighted by Gasteiger charge is 2.37. The first-order valence-electron chi connectivity index (χ1n) is 4.15. The number of hydrogen-bond donors (Lipinski definition) is 4. The third-order valence-electron chi connectivity index (χ3n) is 1.99. The molecule has 0 aromatic heterocycles. The van der Waals surface area contributed by atoms with Crippen molar-refractivity contribution in [2.45, 2.75) is 12.2 Å². The number of aromatic hydroxyl groups is 2. The molecule has 0 saturated heterocycles. The van der Waals surface area contributed by atoms with E-state index in [1.807, 2.05) is 0 Å². The predicted molar refractivity (Wildman–Crippen MR) is 48.7 cm³/mol. The topological polar surface area (TPSA) is 72.7 Å². The number of alkyl halides is 2. The molecule has 84 valence electrons. The van der Waals surface area contributed by atoms with Crippen LogP contribution in [0.4, 0.5) is 8.78 Å². The number of aliphatic hydroxyl groups excluding tert-OH is 1. The summed E-state index contributed by atoms with van der Waals surface area (Å²) >= 11 is 0. The second kappa shape index (κ2) is 4.00. The molecule has 0 saturated carbocycles. The maximum atomic E-state index is 13.0. The molecule has 1 unspecified atom stereocenters. The molecule has 0 heterocycles. The van der Waals surface area contributed by atoms with E-state index < -0.39 is 23.6 Å². The summed E-state index contributed by atoms with van der Waals surface area (Å²) in [6.45, 7) is 0. The summed E-state index contributed by atoms with van der Waals surface area (Å²) in [5, 5.41) is 28.9. The number of nitrogens with one attached hydrogen (secondary N) is 1. The van der Waals surface area contributed by atoms with Crippen LogP contribution in [0.15, 0.2) is 18.2 Å². The SMILES string of the molecule is CNC(F)(F)C(O)c1ccc(O)c(O)c1. The fourth-order valence-corrected chi connectivity index (χ4v) is 1.06.